The van der Waals surface area contributed by atoms with Gasteiger partial charge in [0.15, 0.2) is 5.82 Å². The highest BCUT2D eigenvalue weighted by atomic mass is 32.1. The first-order chi connectivity index (χ1) is 15.8. The topological polar surface area (TPSA) is 87.1 Å². The van der Waals surface area contributed by atoms with Crippen LogP contribution in [0, 0.1) is 0 Å². The van der Waals surface area contributed by atoms with Crippen molar-refractivity contribution >= 4 is 39.9 Å². The van der Waals surface area contributed by atoms with Crippen LogP contribution >= 0.6 is 11.3 Å². The maximum atomic E-state index is 12.8. The number of aromatic nitrogens is 4. The number of carbonyl (C=O) groups excluding carboxylic acids is 1. The van der Waals surface area contributed by atoms with E-state index in [2.05, 4.69) is 20.2 Å². The van der Waals surface area contributed by atoms with Crippen molar-refractivity contribution in [1.82, 2.24) is 24.8 Å². The Kier molecular flexibility index (Phi) is 5.89. The van der Waals surface area contributed by atoms with Gasteiger partial charge >= 0.3 is 0 Å². The average molecular weight is 446 g/mol. The summed E-state index contributed by atoms with van der Waals surface area (Å²) in [4.78, 5) is 34.8. The van der Waals surface area contributed by atoms with Crippen LogP contribution < -0.4 is 10.2 Å². The van der Waals surface area contributed by atoms with Crippen molar-refractivity contribution in [2.45, 2.75) is 6.42 Å². The fraction of sp³-hybridized carbons (Fsp3) is 0.261. The van der Waals surface area contributed by atoms with E-state index in [-0.39, 0.29) is 5.91 Å². The van der Waals surface area contributed by atoms with Gasteiger partial charge in [0.25, 0.3) is 0 Å². The van der Waals surface area contributed by atoms with Gasteiger partial charge in [0.1, 0.15) is 5.82 Å². The van der Waals surface area contributed by atoms with Gasteiger partial charge in [-0.1, -0.05) is 12.1 Å². The molecule has 0 saturated carbocycles. The zero-order valence-electron chi connectivity index (χ0n) is 17.5. The maximum Gasteiger partial charge on any atom is 0.225 e. The number of benzene rings is 1. The van der Waals surface area contributed by atoms with Gasteiger partial charge in [-0.2, -0.15) is 11.3 Å². The molecule has 0 atom stereocenters. The molecule has 162 valence electrons. The number of hydrogen-bond donors (Lipinski definition) is 1. The number of fused-ring (bicyclic) bond motifs is 1. The van der Waals surface area contributed by atoms with Crippen LogP contribution in [0.5, 0.6) is 0 Å². The van der Waals surface area contributed by atoms with Crippen molar-refractivity contribution in [2.24, 2.45) is 0 Å². The quantitative estimate of drug-likeness (QED) is 0.487. The molecule has 1 aromatic carbocycles. The third-order valence-electron chi connectivity index (χ3n) is 5.48. The normalized spacial score (nSPS) is 14.0. The van der Waals surface area contributed by atoms with Gasteiger partial charge in [-0.3, -0.25) is 4.79 Å². The third-order valence-corrected chi connectivity index (χ3v) is 6.16. The van der Waals surface area contributed by atoms with Crippen molar-refractivity contribution < 1.29 is 4.79 Å². The summed E-state index contributed by atoms with van der Waals surface area (Å²) in [5.74, 6) is 2.31. The summed E-state index contributed by atoms with van der Waals surface area (Å²) in [5, 5.41) is 8.38. The summed E-state index contributed by atoms with van der Waals surface area (Å²) < 4.78 is 0. The number of rotatable bonds is 6. The molecule has 4 aromatic rings. The van der Waals surface area contributed by atoms with Crippen LogP contribution in [0.15, 0.2) is 59.6 Å². The summed E-state index contributed by atoms with van der Waals surface area (Å²) in [6.45, 7) is 3.35. The van der Waals surface area contributed by atoms with E-state index in [0.29, 0.717) is 31.9 Å². The third kappa shape index (κ3) is 4.38. The molecule has 3 aromatic heterocycles. The van der Waals surface area contributed by atoms with Crippen LogP contribution in [0.3, 0.4) is 0 Å². The van der Waals surface area contributed by atoms with E-state index in [1.54, 1.807) is 29.8 Å². The molecule has 32 heavy (non-hydrogen) atoms. The molecule has 4 heterocycles. The fourth-order valence-electron chi connectivity index (χ4n) is 3.79. The van der Waals surface area contributed by atoms with Crippen LogP contribution in [0.1, 0.15) is 6.42 Å². The van der Waals surface area contributed by atoms with Crippen molar-refractivity contribution in [2.75, 3.05) is 42.9 Å². The Morgan fingerprint density at radius 2 is 1.81 bits per heavy atom. The molecule has 1 amide bonds. The smallest absolute Gasteiger partial charge is 0.225 e. The highest BCUT2D eigenvalue weighted by molar-refractivity contribution is 7.08. The molecule has 1 fully saturated rings. The van der Waals surface area contributed by atoms with Crippen LogP contribution in [0.4, 0.5) is 11.8 Å². The van der Waals surface area contributed by atoms with Gasteiger partial charge in [-0.25, -0.2) is 19.9 Å². The van der Waals surface area contributed by atoms with E-state index in [4.69, 9.17) is 9.97 Å². The second-order valence-corrected chi connectivity index (χ2v) is 8.30. The lowest BCUT2D eigenvalue weighted by molar-refractivity contribution is -0.131. The Hall–Kier alpha value is -3.59. The number of piperazine rings is 1. The first-order valence-electron chi connectivity index (χ1n) is 10.6. The predicted molar refractivity (Wildman–Crippen MR) is 127 cm³/mol. The number of para-hydroxylation sites is 1. The number of hydrogen-bond acceptors (Lipinski definition) is 8. The summed E-state index contributed by atoms with van der Waals surface area (Å²) >= 11 is 1.62. The second-order valence-electron chi connectivity index (χ2n) is 7.52. The van der Waals surface area contributed by atoms with Gasteiger partial charge in [0, 0.05) is 67.9 Å². The van der Waals surface area contributed by atoms with Gasteiger partial charge in [0.2, 0.25) is 11.9 Å². The van der Waals surface area contributed by atoms with Crippen LogP contribution in [0.25, 0.3) is 22.3 Å². The van der Waals surface area contributed by atoms with Crippen LogP contribution in [-0.4, -0.2) is 63.5 Å². The predicted octanol–water partition coefficient (Wildman–Crippen LogP) is 3.30. The number of anilines is 2. The highest BCUT2D eigenvalue weighted by Crippen LogP contribution is 2.26. The monoisotopic (exact) mass is 445 g/mol. The van der Waals surface area contributed by atoms with Crippen molar-refractivity contribution in [3.63, 3.8) is 0 Å². The van der Waals surface area contributed by atoms with Gasteiger partial charge in [-0.15, -0.1) is 0 Å². The average Bonchev–Trinajstić information content (AvgIpc) is 3.40. The molecule has 9 heteroatoms. The zero-order chi connectivity index (χ0) is 21.8. The minimum Gasteiger partial charge on any atom is -0.369 e. The summed E-state index contributed by atoms with van der Waals surface area (Å²) in [6, 6.07) is 11.8. The second kappa shape index (κ2) is 9.27. The molecule has 1 N–H and O–H groups in total. The Balaban J connectivity index is 1.21. The minimum absolute atomic E-state index is 0.141. The first kappa shape index (κ1) is 20.3. The molecular weight excluding hydrogens is 422 g/mol. The summed E-state index contributed by atoms with van der Waals surface area (Å²) in [7, 11) is 0. The molecule has 1 aliphatic rings. The number of nitrogens with one attached hydrogen (secondary N) is 1. The van der Waals surface area contributed by atoms with Crippen molar-refractivity contribution in [3.8, 4) is 11.4 Å². The van der Waals surface area contributed by atoms with Crippen molar-refractivity contribution in [1.29, 1.82) is 0 Å². The standard InChI is InChI=1S/C23H23N7OS/c31-20(29-11-13-30(14-12-29)23-25-8-3-9-26-23)6-10-24-22-18-4-1-2-5-19(18)27-21(28-22)17-7-15-32-16-17/h1-5,7-9,15-16H,6,10-14H2,(H,24,27,28). The number of carbonyl (C=O) groups is 1. The largest absolute Gasteiger partial charge is 0.369 e. The molecule has 0 bridgehead atoms. The molecule has 1 saturated heterocycles. The summed E-state index contributed by atoms with van der Waals surface area (Å²) in [5.41, 5.74) is 1.89. The number of amides is 1. The molecule has 8 nitrogen and oxygen atoms in total. The molecule has 1 aliphatic heterocycles. The van der Waals surface area contributed by atoms with E-state index in [0.717, 1.165) is 41.3 Å². The van der Waals surface area contributed by atoms with Gasteiger partial charge < -0.3 is 15.1 Å². The summed E-state index contributed by atoms with van der Waals surface area (Å²) in [6.07, 6.45) is 3.90. The first-order valence-corrected chi connectivity index (χ1v) is 11.6. The van der Waals surface area contributed by atoms with E-state index in [1.165, 1.54) is 0 Å². The van der Waals surface area contributed by atoms with Crippen molar-refractivity contribution in [3.05, 3.63) is 59.6 Å². The lowest BCUT2D eigenvalue weighted by Crippen LogP contribution is -2.49. The molecule has 0 aliphatic carbocycles. The van der Waals surface area contributed by atoms with Gasteiger partial charge in [0.05, 0.1) is 5.52 Å². The maximum absolute atomic E-state index is 12.8. The molecular formula is C23H23N7OS. The van der Waals surface area contributed by atoms with Crippen LogP contribution in [0.2, 0.25) is 0 Å². The Morgan fingerprint density at radius 1 is 1.00 bits per heavy atom. The SMILES string of the molecule is O=C(CCNc1nc(-c2ccsc2)nc2ccccc12)N1CCN(c2ncccn2)CC1. The minimum atomic E-state index is 0.141. The van der Waals surface area contributed by atoms with Gasteiger partial charge in [-0.05, 0) is 29.6 Å². The highest BCUT2D eigenvalue weighted by Gasteiger charge is 2.22. The molecule has 0 unspecified atom stereocenters. The number of thiophene rings is 1. The molecule has 5 rings (SSSR count). The van der Waals surface area contributed by atoms with Crippen LogP contribution in [-0.2, 0) is 4.79 Å². The lowest BCUT2D eigenvalue weighted by Gasteiger charge is -2.34. The van der Waals surface area contributed by atoms with E-state index in [1.807, 2.05) is 46.0 Å². The molecule has 0 radical (unpaired) electrons. The Labute approximate surface area is 190 Å². The molecule has 0 spiro atoms. The Morgan fingerprint density at radius 3 is 2.59 bits per heavy atom. The van der Waals surface area contributed by atoms with E-state index >= 15 is 0 Å². The fourth-order valence-corrected chi connectivity index (χ4v) is 4.42. The van der Waals surface area contributed by atoms with E-state index in [9.17, 15) is 4.79 Å². The van der Waals surface area contributed by atoms with E-state index < -0.39 is 0 Å². The lowest BCUT2D eigenvalue weighted by atomic mass is 10.2. The Bertz CT molecular complexity index is 1190. The zero-order valence-corrected chi connectivity index (χ0v) is 18.3. The number of nitrogens with zero attached hydrogens (tertiary/aromatic N) is 6.